The molecule has 1 heterocycles. The number of benzene rings is 5. The first-order chi connectivity index (χ1) is 23.4. The third-order valence-corrected chi connectivity index (χ3v) is 11.3. The lowest BCUT2D eigenvalue weighted by Gasteiger charge is -2.43. The summed E-state index contributed by atoms with van der Waals surface area (Å²) in [5.41, 5.74) is 19.3. The highest BCUT2D eigenvalue weighted by atomic mass is 14.7. The number of aromatic amines is 1. The van der Waals surface area contributed by atoms with Gasteiger partial charge in [-0.1, -0.05) is 129 Å². The van der Waals surface area contributed by atoms with Gasteiger partial charge in [-0.05, 0) is 108 Å². The van der Waals surface area contributed by atoms with Crippen LogP contribution >= 0.6 is 0 Å². The molecule has 0 amide bonds. The van der Waals surface area contributed by atoms with E-state index in [0.29, 0.717) is 17.8 Å². The van der Waals surface area contributed by atoms with Gasteiger partial charge in [0.1, 0.15) is 0 Å². The van der Waals surface area contributed by atoms with Gasteiger partial charge in [0.2, 0.25) is 0 Å². The summed E-state index contributed by atoms with van der Waals surface area (Å²) in [6.45, 7) is 20.8. The quantitative estimate of drug-likeness (QED) is 0.200. The van der Waals surface area contributed by atoms with Crippen LogP contribution in [-0.2, 0) is 6.42 Å². The van der Waals surface area contributed by atoms with Crippen molar-refractivity contribution in [2.45, 2.75) is 98.3 Å². The van der Waals surface area contributed by atoms with Gasteiger partial charge in [0.25, 0.3) is 0 Å². The monoisotopic (exact) mass is 640 g/mol. The number of nitriles is 1. The van der Waals surface area contributed by atoms with E-state index < -0.39 is 0 Å². The molecule has 0 saturated carbocycles. The van der Waals surface area contributed by atoms with Crippen LogP contribution in [0.3, 0.4) is 0 Å². The predicted molar refractivity (Wildman–Crippen MR) is 206 cm³/mol. The molecule has 2 heteroatoms. The molecule has 0 fully saturated rings. The summed E-state index contributed by atoms with van der Waals surface area (Å²) >= 11 is 0. The first-order valence-electron chi connectivity index (χ1n) is 18.3. The summed E-state index contributed by atoms with van der Waals surface area (Å²) in [7, 11) is 0. The highest BCUT2D eigenvalue weighted by molar-refractivity contribution is 6.13. The molecule has 0 radical (unpaired) electrons. The van der Waals surface area contributed by atoms with Crippen molar-refractivity contribution in [3.63, 3.8) is 0 Å². The molecular weight excluding hydrogens is 593 g/mol. The fourth-order valence-electron chi connectivity index (χ4n) is 9.16. The number of hydrogen-bond donors (Lipinski definition) is 1. The fraction of sp³-hybridized carbons (Fsp3) is 0.340. The van der Waals surface area contributed by atoms with E-state index in [-0.39, 0.29) is 17.3 Å². The Morgan fingerprint density at radius 1 is 0.694 bits per heavy atom. The maximum atomic E-state index is 11.1. The number of nitrogens with zero attached hydrogens (tertiary/aromatic N) is 1. The number of aromatic nitrogens is 1. The second-order valence-electron chi connectivity index (χ2n) is 16.8. The first-order valence-corrected chi connectivity index (χ1v) is 18.3. The number of hydrogen-bond acceptors (Lipinski definition) is 1. The van der Waals surface area contributed by atoms with E-state index in [1.807, 2.05) is 0 Å². The zero-order chi connectivity index (χ0) is 34.5. The van der Waals surface area contributed by atoms with Crippen LogP contribution in [0.5, 0.6) is 0 Å². The SMILES string of the molecule is CC(C)c1cc(C(C)C)c(-c2ccc3[nH]c4c(CC(C)(C)C)c(C#N)c5c(c4c3c2)C2c3ccccc3C5c3ccccc32)c(C(C)C)c1. The number of fused-ring (bicyclic) bond motifs is 3. The van der Waals surface area contributed by atoms with E-state index in [9.17, 15) is 5.26 Å². The number of nitrogens with one attached hydrogen (secondary N) is 1. The Balaban J connectivity index is 1.52. The Morgan fingerprint density at radius 3 is 1.69 bits per heavy atom. The molecular formula is C47H48N2. The molecule has 2 bridgehead atoms. The van der Waals surface area contributed by atoms with Gasteiger partial charge in [0, 0.05) is 28.1 Å². The Kier molecular flexibility index (Phi) is 7.24. The summed E-state index contributed by atoms with van der Waals surface area (Å²) in [6.07, 6.45) is 0.825. The van der Waals surface area contributed by atoms with E-state index in [0.717, 1.165) is 28.6 Å². The summed E-state index contributed by atoms with van der Waals surface area (Å²) < 4.78 is 0. The van der Waals surface area contributed by atoms with Crippen molar-refractivity contribution in [2.24, 2.45) is 5.41 Å². The van der Waals surface area contributed by atoms with Crippen molar-refractivity contribution in [1.82, 2.24) is 4.98 Å². The molecule has 3 aliphatic rings. The van der Waals surface area contributed by atoms with Crippen LogP contribution < -0.4 is 0 Å². The van der Waals surface area contributed by atoms with Gasteiger partial charge in [-0.15, -0.1) is 0 Å². The van der Waals surface area contributed by atoms with Gasteiger partial charge >= 0.3 is 0 Å². The second-order valence-corrected chi connectivity index (χ2v) is 16.8. The van der Waals surface area contributed by atoms with Crippen LogP contribution in [0, 0.1) is 16.7 Å². The van der Waals surface area contributed by atoms with Gasteiger partial charge in [-0.2, -0.15) is 5.26 Å². The summed E-state index contributed by atoms with van der Waals surface area (Å²) in [4.78, 5) is 3.93. The van der Waals surface area contributed by atoms with E-state index in [2.05, 4.69) is 152 Å². The van der Waals surface area contributed by atoms with Gasteiger partial charge in [-0.25, -0.2) is 0 Å². The third kappa shape index (κ3) is 4.73. The molecule has 0 unspecified atom stereocenters. The van der Waals surface area contributed by atoms with E-state index in [4.69, 9.17) is 0 Å². The van der Waals surface area contributed by atoms with Crippen LogP contribution in [0.4, 0.5) is 0 Å². The minimum atomic E-state index is 0.00914. The van der Waals surface area contributed by atoms with Crippen molar-refractivity contribution in [1.29, 1.82) is 5.26 Å². The lowest BCUT2D eigenvalue weighted by atomic mass is 9.59. The fourth-order valence-corrected chi connectivity index (χ4v) is 9.16. The first kappa shape index (κ1) is 31.6. The molecule has 9 rings (SSSR count). The Hall–Kier alpha value is -4.61. The minimum Gasteiger partial charge on any atom is -0.354 e. The Morgan fingerprint density at radius 2 is 1.22 bits per heavy atom. The molecule has 0 aliphatic heterocycles. The zero-order valence-corrected chi connectivity index (χ0v) is 30.5. The summed E-state index contributed by atoms with van der Waals surface area (Å²) in [6, 6.07) is 32.8. The molecule has 0 spiro atoms. The maximum Gasteiger partial charge on any atom is 0.0998 e. The maximum absolute atomic E-state index is 11.1. The minimum absolute atomic E-state index is 0.00914. The van der Waals surface area contributed by atoms with Crippen LogP contribution in [0.1, 0.15) is 153 Å². The van der Waals surface area contributed by atoms with Crippen molar-refractivity contribution in [2.75, 3.05) is 0 Å². The van der Waals surface area contributed by atoms with Crippen molar-refractivity contribution in [3.05, 3.63) is 140 Å². The van der Waals surface area contributed by atoms with Crippen molar-refractivity contribution in [3.8, 4) is 17.2 Å². The molecule has 0 atom stereocenters. The van der Waals surface area contributed by atoms with Crippen molar-refractivity contribution < 1.29 is 0 Å². The number of H-pyrrole nitrogens is 1. The van der Waals surface area contributed by atoms with E-state index in [1.54, 1.807) is 0 Å². The Bertz CT molecular complexity index is 2270. The normalized spacial score (nSPS) is 16.5. The largest absolute Gasteiger partial charge is 0.354 e. The molecule has 49 heavy (non-hydrogen) atoms. The summed E-state index contributed by atoms with van der Waals surface area (Å²) in [5, 5.41) is 13.7. The molecule has 1 N–H and O–H groups in total. The van der Waals surface area contributed by atoms with Crippen LogP contribution in [0.15, 0.2) is 78.9 Å². The molecule has 5 aromatic carbocycles. The highest BCUT2D eigenvalue weighted by Crippen LogP contribution is 2.59. The lowest BCUT2D eigenvalue weighted by molar-refractivity contribution is 0.412. The smallest absolute Gasteiger partial charge is 0.0998 e. The zero-order valence-electron chi connectivity index (χ0n) is 30.5. The highest BCUT2D eigenvalue weighted by Gasteiger charge is 2.45. The molecule has 2 nitrogen and oxygen atoms in total. The average molecular weight is 641 g/mol. The van der Waals surface area contributed by atoms with Gasteiger partial charge in [0.05, 0.1) is 17.1 Å². The van der Waals surface area contributed by atoms with Crippen LogP contribution in [0.2, 0.25) is 0 Å². The van der Waals surface area contributed by atoms with E-state index >= 15 is 0 Å². The van der Waals surface area contributed by atoms with Gasteiger partial charge in [0.15, 0.2) is 0 Å². The standard InChI is InChI=1S/C47H48N2/c1-25(2)29-21-34(26(3)4)40(35(22-29)27(5)6)28-18-19-39-36(20-28)44-45-42-32-16-12-10-14-30(32)41(31-15-11-13-17-33(31)42)43(45)38(24-48)37(46(44)49-39)23-47(7,8)9/h10-22,25-27,41-42,49H,23H2,1-9H3. The number of rotatable bonds is 5. The molecule has 3 aliphatic carbocycles. The average Bonchev–Trinajstić information content (AvgIpc) is 3.46. The third-order valence-electron chi connectivity index (χ3n) is 11.3. The van der Waals surface area contributed by atoms with Gasteiger partial charge < -0.3 is 4.98 Å². The second kappa shape index (κ2) is 11.2. The molecule has 6 aromatic rings. The van der Waals surface area contributed by atoms with E-state index in [1.165, 1.54) is 72.0 Å². The molecule has 246 valence electrons. The topological polar surface area (TPSA) is 39.6 Å². The molecule has 1 aromatic heterocycles. The Labute approximate surface area is 292 Å². The van der Waals surface area contributed by atoms with Crippen LogP contribution in [-0.4, -0.2) is 4.98 Å². The van der Waals surface area contributed by atoms with Crippen LogP contribution in [0.25, 0.3) is 32.9 Å². The van der Waals surface area contributed by atoms with Crippen molar-refractivity contribution >= 4 is 21.8 Å². The van der Waals surface area contributed by atoms with Gasteiger partial charge in [-0.3, -0.25) is 0 Å². The summed E-state index contributed by atoms with van der Waals surface area (Å²) in [5.74, 6) is 1.40. The lowest BCUT2D eigenvalue weighted by Crippen LogP contribution is -2.29. The predicted octanol–water partition coefficient (Wildman–Crippen LogP) is 12.8. The molecule has 0 saturated heterocycles.